The number of hydrogen-bond donors (Lipinski definition) is 2. The van der Waals surface area contributed by atoms with Crippen molar-refractivity contribution in [2.75, 3.05) is 11.4 Å². The predicted octanol–water partition coefficient (Wildman–Crippen LogP) is 5.71. The lowest BCUT2D eigenvalue weighted by Gasteiger charge is -2.35. The van der Waals surface area contributed by atoms with Crippen LogP contribution in [0.25, 0.3) is 0 Å². The Morgan fingerprint density at radius 2 is 1.71 bits per heavy atom. The molecule has 2 aliphatic rings. The minimum Gasteiger partial charge on any atom is -0.489 e. The van der Waals surface area contributed by atoms with Gasteiger partial charge in [0.15, 0.2) is 0 Å². The maximum atomic E-state index is 14.4. The SMILES string of the molecule is CC(C)(C)c1ccc(N(C(=O)[C@H]2C[C@@H](Oc3ccccc3)CN2)C(C(=O)NC2CCCCC2)c2cccnc2)cc1. The molecular weight excluding hydrogens is 512 g/mol. The minimum absolute atomic E-state index is 0.0382. The van der Waals surface area contributed by atoms with E-state index >= 15 is 0 Å². The highest BCUT2D eigenvalue weighted by molar-refractivity contribution is 6.04. The van der Waals surface area contributed by atoms with Crippen molar-refractivity contribution in [1.82, 2.24) is 15.6 Å². The van der Waals surface area contributed by atoms with Crippen molar-refractivity contribution < 1.29 is 14.3 Å². The van der Waals surface area contributed by atoms with Crippen LogP contribution in [0.5, 0.6) is 5.75 Å². The molecule has 0 spiro atoms. The van der Waals surface area contributed by atoms with Crippen LogP contribution in [0.3, 0.4) is 0 Å². The molecule has 1 aliphatic carbocycles. The smallest absolute Gasteiger partial charge is 0.248 e. The molecule has 2 N–H and O–H groups in total. The highest BCUT2D eigenvalue weighted by atomic mass is 16.5. The Kier molecular flexibility index (Phi) is 9.03. The molecule has 2 aromatic carbocycles. The first-order valence-electron chi connectivity index (χ1n) is 14.9. The second kappa shape index (κ2) is 12.9. The van der Waals surface area contributed by atoms with E-state index in [9.17, 15) is 9.59 Å². The summed E-state index contributed by atoms with van der Waals surface area (Å²) in [4.78, 5) is 34.5. The van der Waals surface area contributed by atoms with Gasteiger partial charge in [-0.25, -0.2) is 0 Å². The molecule has 216 valence electrons. The van der Waals surface area contributed by atoms with Crippen molar-refractivity contribution in [2.45, 2.75) is 88.9 Å². The van der Waals surface area contributed by atoms with Gasteiger partial charge in [-0.05, 0) is 54.2 Å². The molecule has 41 heavy (non-hydrogen) atoms. The fourth-order valence-corrected chi connectivity index (χ4v) is 5.85. The van der Waals surface area contributed by atoms with Crippen LogP contribution in [0.4, 0.5) is 5.69 Å². The van der Waals surface area contributed by atoms with E-state index in [0.29, 0.717) is 24.2 Å². The zero-order valence-corrected chi connectivity index (χ0v) is 24.4. The molecule has 1 unspecified atom stereocenters. The zero-order chi connectivity index (χ0) is 28.8. The van der Waals surface area contributed by atoms with E-state index in [0.717, 1.165) is 37.0 Å². The van der Waals surface area contributed by atoms with E-state index in [2.05, 4.69) is 48.5 Å². The predicted molar refractivity (Wildman–Crippen MR) is 162 cm³/mol. The number of para-hydroxylation sites is 1. The number of nitrogens with zero attached hydrogens (tertiary/aromatic N) is 2. The zero-order valence-electron chi connectivity index (χ0n) is 24.4. The summed E-state index contributed by atoms with van der Waals surface area (Å²) in [7, 11) is 0. The van der Waals surface area contributed by atoms with E-state index in [-0.39, 0.29) is 29.4 Å². The fourth-order valence-electron chi connectivity index (χ4n) is 5.85. The average Bonchev–Trinajstić information content (AvgIpc) is 3.45. The molecule has 1 aromatic heterocycles. The van der Waals surface area contributed by atoms with E-state index in [4.69, 9.17) is 4.74 Å². The van der Waals surface area contributed by atoms with Gasteiger partial charge < -0.3 is 15.4 Å². The number of carbonyl (C=O) groups excluding carboxylic acids is 2. The van der Waals surface area contributed by atoms with Crippen molar-refractivity contribution >= 4 is 17.5 Å². The van der Waals surface area contributed by atoms with Crippen LogP contribution in [0.15, 0.2) is 79.1 Å². The third kappa shape index (κ3) is 7.14. The molecule has 3 atom stereocenters. The third-order valence-corrected chi connectivity index (χ3v) is 8.14. The lowest BCUT2D eigenvalue weighted by atomic mass is 9.87. The van der Waals surface area contributed by atoms with Crippen LogP contribution >= 0.6 is 0 Å². The lowest BCUT2D eigenvalue weighted by Crippen LogP contribution is -2.51. The minimum atomic E-state index is -0.852. The number of nitrogens with one attached hydrogen (secondary N) is 2. The van der Waals surface area contributed by atoms with Crippen LogP contribution in [-0.4, -0.2) is 41.5 Å². The Balaban J connectivity index is 1.47. The maximum absolute atomic E-state index is 14.4. The highest BCUT2D eigenvalue weighted by Gasteiger charge is 2.40. The number of benzene rings is 2. The van der Waals surface area contributed by atoms with Gasteiger partial charge in [-0.15, -0.1) is 0 Å². The molecule has 0 bridgehead atoms. The maximum Gasteiger partial charge on any atom is 0.248 e. The molecule has 3 aromatic rings. The standard InChI is InChI=1S/C34H42N4O3/c1-34(2,3)25-16-18-27(19-17-25)38(33(40)30-21-29(23-36-30)41-28-14-8-5-9-15-28)31(24-11-10-20-35-22-24)32(39)37-26-12-6-4-7-13-26/h5,8-11,14-20,22,26,29-31,36H,4,6-7,12-13,21,23H2,1-3H3,(H,37,39)/t29-,30-,31?/m1/s1. The third-order valence-electron chi connectivity index (χ3n) is 8.14. The molecule has 2 fully saturated rings. The number of hydrogen-bond acceptors (Lipinski definition) is 5. The number of rotatable bonds is 8. The molecular formula is C34H42N4O3. The number of ether oxygens (including phenoxy) is 1. The molecule has 2 amide bonds. The normalized spacial score (nSPS) is 20.3. The Labute approximate surface area is 243 Å². The van der Waals surface area contributed by atoms with Crippen molar-refractivity contribution in [3.63, 3.8) is 0 Å². The van der Waals surface area contributed by atoms with Gasteiger partial charge >= 0.3 is 0 Å². The van der Waals surface area contributed by atoms with E-state index in [1.54, 1.807) is 17.3 Å². The van der Waals surface area contributed by atoms with Crippen LogP contribution < -0.4 is 20.3 Å². The summed E-state index contributed by atoms with van der Waals surface area (Å²) in [5.41, 5.74) is 2.49. The number of aromatic nitrogens is 1. The summed E-state index contributed by atoms with van der Waals surface area (Å²) in [6.45, 7) is 7.04. The number of amides is 2. The Bertz CT molecular complexity index is 1290. The van der Waals surface area contributed by atoms with Crippen molar-refractivity contribution in [1.29, 1.82) is 0 Å². The lowest BCUT2D eigenvalue weighted by molar-refractivity contribution is -0.128. The monoisotopic (exact) mass is 554 g/mol. The van der Waals surface area contributed by atoms with E-state index < -0.39 is 12.1 Å². The summed E-state index contributed by atoms with van der Waals surface area (Å²) in [6, 6.07) is 20.2. The second-order valence-electron chi connectivity index (χ2n) is 12.3. The summed E-state index contributed by atoms with van der Waals surface area (Å²) < 4.78 is 6.16. The molecule has 2 heterocycles. The summed E-state index contributed by atoms with van der Waals surface area (Å²) in [5, 5.41) is 6.66. The number of pyridine rings is 1. The van der Waals surface area contributed by atoms with Gasteiger partial charge in [0, 0.05) is 42.7 Å². The molecule has 1 aliphatic heterocycles. The Hall–Kier alpha value is -3.71. The first kappa shape index (κ1) is 28.8. The topological polar surface area (TPSA) is 83.6 Å². The molecule has 7 heteroatoms. The molecule has 1 saturated carbocycles. The molecule has 7 nitrogen and oxygen atoms in total. The fraction of sp³-hybridized carbons (Fsp3) is 0.441. The van der Waals surface area contributed by atoms with Gasteiger partial charge in [0.25, 0.3) is 0 Å². The van der Waals surface area contributed by atoms with Gasteiger partial charge in [0.2, 0.25) is 11.8 Å². The molecule has 0 radical (unpaired) electrons. The van der Waals surface area contributed by atoms with Gasteiger partial charge in [0.1, 0.15) is 17.9 Å². The molecule has 5 rings (SSSR count). The quantitative estimate of drug-likeness (QED) is 0.373. The van der Waals surface area contributed by atoms with Crippen molar-refractivity contribution in [2.24, 2.45) is 0 Å². The van der Waals surface area contributed by atoms with Gasteiger partial charge in [0.05, 0.1) is 6.04 Å². The van der Waals surface area contributed by atoms with Crippen LogP contribution in [-0.2, 0) is 15.0 Å². The average molecular weight is 555 g/mol. The number of anilines is 1. The highest BCUT2D eigenvalue weighted by Crippen LogP contribution is 2.33. The summed E-state index contributed by atoms with van der Waals surface area (Å²) in [5.74, 6) is 0.454. The summed E-state index contributed by atoms with van der Waals surface area (Å²) in [6.07, 6.45) is 9.07. The van der Waals surface area contributed by atoms with Gasteiger partial charge in [-0.1, -0.05) is 76.4 Å². The van der Waals surface area contributed by atoms with Crippen molar-refractivity contribution in [3.8, 4) is 5.75 Å². The molecule has 1 saturated heterocycles. The second-order valence-corrected chi connectivity index (χ2v) is 12.3. The van der Waals surface area contributed by atoms with E-state index in [1.165, 1.54) is 6.42 Å². The van der Waals surface area contributed by atoms with Gasteiger partial charge in [-0.3, -0.25) is 19.5 Å². The van der Waals surface area contributed by atoms with Crippen LogP contribution in [0, 0.1) is 0 Å². The first-order chi connectivity index (χ1) is 19.8. The van der Waals surface area contributed by atoms with Crippen molar-refractivity contribution in [3.05, 3.63) is 90.3 Å². The Morgan fingerprint density at radius 1 is 0.976 bits per heavy atom. The first-order valence-corrected chi connectivity index (χ1v) is 14.9. The van der Waals surface area contributed by atoms with Crippen LogP contribution in [0.2, 0.25) is 0 Å². The van der Waals surface area contributed by atoms with Gasteiger partial charge in [-0.2, -0.15) is 0 Å². The number of carbonyl (C=O) groups is 2. The largest absolute Gasteiger partial charge is 0.489 e. The Morgan fingerprint density at radius 3 is 2.37 bits per heavy atom. The summed E-state index contributed by atoms with van der Waals surface area (Å²) >= 11 is 0. The van der Waals surface area contributed by atoms with Crippen LogP contribution in [0.1, 0.15) is 76.5 Å². The van der Waals surface area contributed by atoms with E-state index in [1.807, 2.05) is 54.6 Å².